The summed E-state index contributed by atoms with van der Waals surface area (Å²) in [6.07, 6.45) is 1.69. The molecule has 1 heterocycles. The highest BCUT2D eigenvalue weighted by molar-refractivity contribution is 6.04. The van der Waals surface area contributed by atoms with Gasteiger partial charge in [-0.05, 0) is 72.1 Å². The first-order chi connectivity index (χ1) is 15.1. The van der Waals surface area contributed by atoms with Crippen LogP contribution in [-0.2, 0) is 0 Å². The van der Waals surface area contributed by atoms with E-state index in [1.165, 1.54) is 10.1 Å². The zero-order valence-corrected chi connectivity index (χ0v) is 17.3. The van der Waals surface area contributed by atoms with E-state index in [-0.39, 0.29) is 17.2 Å². The lowest BCUT2D eigenvalue weighted by Crippen LogP contribution is -2.24. The molecule has 0 aliphatic rings. The summed E-state index contributed by atoms with van der Waals surface area (Å²) in [5, 5.41) is 2.71. The number of benzene rings is 3. The lowest BCUT2D eigenvalue weighted by molar-refractivity contribution is 0.102. The molecule has 154 valence electrons. The maximum atomic E-state index is 13.0. The largest absolute Gasteiger partial charge is 0.497 e. The second-order valence-electron chi connectivity index (χ2n) is 7.14. The maximum Gasteiger partial charge on any atom is 0.278 e. The molecule has 1 N–H and O–H groups in total. The number of anilines is 1. The molecule has 0 radical (unpaired) electrons. The van der Waals surface area contributed by atoms with Gasteiger partial charge in [0.2, 0.25) is 0 Å². The lowest BCUT2D eigenvalue weighted by atomic mass is 10.0. The van der Waals surface area contributed by atoms with Crippen LogP contribution in [0.1, 0.15) is 15.9 Å². The average molecular weight is 410 g/mol. The Morgan fingerprint density at radius 2 is 1.58 bits per heavy atom. The van der Waals surface area contributed by atoms with Gasteiger partial charge in [-0.25, -0.2) is 0 Å². The second kappa shape index (κ2) is 8.71. The van der Waals surface area contributed by atoms with Gasteiger partial charge in [-0.1, -0.05) is 36.4 Å². The molecule has 1 amide bonds. The summed E-state index contributed by atoms with van der Waals surface area (Å²) in [7, 11) is 1.56. The predicted molar refractivity (Wildman–Crippen MR) is 123 cm³/mol. The Morgan fingerprint density at radius 3 is 2.26 bits per heavy atom. The smallest absolute Gasteiger partial charge is 0.278 e. The van der Waals surface area contributed by atoms with Crippen LogP contribution in [0, 0.1) is 6.92 Å². The number of ether oxygens (including phenoxy) is 1. The summed E-state index contributed by atoms with van der Waals surface area (Å²) in [5.41, 5.74) is 4.51. The van der Waals surface area contributed by atoms with E-state index in [1.807, 2.05) is 36.4 Å². The van der Waals surface area contributed by atoms with Crippen LogP contribution in [0.3, 0.4) is 0 Å². The van der Waals surface area contributed by atoms with Gasteiger partial charge in [0, 0.05) is 17.4 Å². The number of carbonyl (C=O) groups excluding carboxylic acids is 1. The van der Waals surface area contributed by atoms with Crippen molar-refractivity contribution >= 4 is 11.6 Å². The van der Waals surface area contributed by atoms with Crippen LogP contribution in [0.15, 0.2) is 95.9 Å². The second-order valence-corrected chi connectivity index (χ2v) is 7.14. The molecule has 0 spiro atoms. The van der Waals surface area contributed by atoms with Crippen LogP contribution in [-0.4, -0.2) is 17.6 Å². The van der Waals surface area contributed by atoms with E-state index in [9.17, 15) is 9.59 Å². The molecule has 5 heteroatoms. The van der Waals surface area contributed by atoms with Crippen molar-refractivity contribution in [2.75, 3.05) is 12.4 Å². The molecule has 4 rings (SSSR count). The highest BCUT2D eigenvalue weighted by Gasteiger charge is 2.11. The van der Waals surface area contributed by atoms with Crippen molar-refractivity contribution in [3.05, 3.63) is 113 Å². The summed E-state index contributed by atoms with van der Waals surface area (Å²) in [5.74, 6) is 0.306. The molecule has 0 fully saturated rings. The van der Waals surface area contributed by atoms with Gasteiger partial charge in [0.15, 0.2) is 0 Å². The number of aryl methyl sites for hydroxylation is 1. The van der Waals surface area contributed by atoms with Gasteiger partial charge in [0.25, 0.3) is 11.5 Å². The minimum absolute atomic E-state index is 0.214. The fraction of sp³-hybridized carbons (Fsp3) is 0.0769. The van der Waals surface area contributed by atoms with E-state index in [1.54, 1.807) is 49.7 Å². The molecule has 0 saturated heterocycles. The molecule has 0 unspecified atom stereocenters. The van der Waals surface area contributed by atoms with Gasteiger partial charge in [-0.15, -0.1) is 0 Å². The SMILES string of the molecule is COc1ccc(C(=O)Nc2cccn(-c3ccc(-c4ccccc4C)cc3)c2=O)cc1. The van der Waals surface area contributed by atoms with Gasteiger partial charge >= 0.3 is 0 Å². The van der Waals surface area contributed by atoms with E-state index in [2.05, 4.69) is 24.4 Å². The van der Waals surface area contributed by atoms with Gasteiger partial charge in [0.1, 0.15) is 11.4 Å². The standard InChI is InChI=1S/C26H22N2O3/c1-18-6-3-4-7-23(18)19-9-13-21(14-10-19)28-17-5-8-24(26(28)30)27-25(29)20-11-15-22(31-2)16-12-20/h3-17H,1-2H3,(H,27,29). The lowest BCUT2D eigenvalue weighted by Gasteiger charge is -2.11. The number of nitrogens with one attached hydrogen (secondary N) is 1. The van der Waals surface area contributed by atoms with Gasteiger partial charge in [0.05, 0.1) is 7.11 Å². The van der Waals surface area contributed by atoms with E-state index in [0.29, 0.717) is 11.3 Å². The Bertz CT molecular complexity index is 1270. The fourth-order valence-corrected chi connectivity index (χ4v) is 3.43. The van der Waals surface area contributed by atoms with Crippen molar-refractivity contribution in [2.45, 2.75) is 6.92 Å². The normalized spacial score (nSPS) is 10.5. The highest BCUT2D eigenvalue weighted by atomic mass is 16.5. The number of amides is 1. The molecule has 4 aromatic rings. The number of carbonyl (C=O) groups is 1. The number of hydrogen-bond acceptors (Lipinski definition) is 3. The van der Waals surface area contributed by atoms with Crippen LogP contribution in [0.25, 0.3) is 16.8 Å². The van der Waals surface area contributed by atoms with E-state index >= 15 is 0 Å². The summed E-state index contributed by atoms with van der Waals surface area (Å²) >= 11 is 0. The first-order valence-electron chi connectivity index (χ1n) is 9.90. The first kappa shape index (κ1) is 20.2. The molecule has 1 aromatic heterocycles. The predicted octanol–water partition coefficient (Wildman–Crippen LogP) is 5.07. The van der Waals surface area contributed by atoms with Crippen molar-refractivity contribution in [3.63, 3.8) is 0 Å². The Balaban J connectivity index is 1.59. The monoisotopic (exact) mass is 410 g/mol. The minimum Gasteiger partial charge on any atom is -0.497 e. The summed E-state index contributed by atoms with van der Waals surface area (Å²) in [6, 6.07) is 26.0. The fourth-order valence-electron chi connectivity index (χ4n) is 3.43. The molecule has 0 aliphatic heterocycles. The van der Waals surface area contributed by atoms with Crippen molar-refractivity contribution in [1.82, 2.24) is 4.57 Å². The Morgan fingerprint density at radius 1 is 0.871 bits per heavy atom. The Hall–Kier alpha value is -4.12. The first-order valence-corrected chi connectivity index (χ1v) is 9.90. The number of methoxy groups -OCH3 is 1. The van der Waals surface area contributed by atoms with Crippen LogP contribution < -0.4 is 15.6 Å². The zero-order valence-electron chi connectivity index (χ0n) is 17.3. The summed E-state index contributed by atoms with van der Waals surface area (Å²) in [6.45, 7) is 2.07. The van der Waals surface area contributed by atoms with Crippen LogP contribution in [0.4, 0.5) is 5.69 Å². The third kappa shape index (κ3) is 4.26. The molecular formula is C26H22N2O3. The van der Waals surface area contributed by atoms with Crippen LogP contribution >= 0.6 is 0 Å². The van der Waals surface area contributed by atoms with Crippen molar-refractivity contribution in [1.29, 1.82) is 0 Å². The highest BCUT2D eigenvalue weighted by Crippen LogP contribution is 2.24. The van der Waals surface area contributed by atoms with E-state index in [4.69, 9.17) is 4.74 Å². The molecule has 0 atom stereocenters. The molecular weight excluding hydrogens is 388 g/mol. The molecule has 3 aromatic carbocycles. The molecule has 0 bridgehead atoms. The molecule has 5 nitrogen and oxygen atoms in total. The number of rotatable bonds is 5. The summed E-state index contributed by atoms with van der Waals surface area (Å²) < 4.78 is 6.63. The van der Waals surface area contributed by atoms with Crippen LogP contribution in [0.2, 0.25) is 0 Å². The third-order valence-electron chi connectivity index (χ3n) is 5.15. The van der Waals surface area contributed by atoms with Crippen LogP contribution in [0.5, 0.6) is 5.75 Å². The average Bonchev–Trinajstić information content (AvgIpc) is 2.81. The van der Waals surface area contributed by atoms with E-state index < -0.39 is 0 Å². The zero-order chi connectivity index (χ0) is 21.8. The number of pyridine rings is 1. The van der Waals surface area contributed by atoms with Gasteiger partial charge in [-0.3, -0.25) is 14.2 Å². The number of aromatic nitrogens is 1. The number of nitrogens with zero attached hydrogens (tertiary/aromatic N) is 1. The molecule has 31 heavy (non-hydrogen) atoms. The van der Waals surface area contributed by atoms with Crippen molar-refractivity contribution in [3.8, 4) is 22.6 Å². The van der Waals surface area contributed by atoms with Gasteiger partial charge < -0.3 is 10.1 Å². The summed E-state index contributed by atoms with van der Waals surface area (Å²) in [4.78, 5) is 25.5. The maximum absolute atomic E-state index is 13.0. The third-order valence-corrected chi connectivity index (χ3v) is 5.15. The van der Waals surface area contributed by atoms with Crippen molar-refractivity contribution < 1.29 is 9.53 Å². The molecule has 0 saturated carbocycles. The quantitative estimate of drug-likeness (QED) is 0.499. The number of hydrogen-bond donors (Lipinski definition) is 1. The van der Waals surface area contributed by atoms with Gasteiger partial charge in [-0.2, -0.15) is 0 Å². The topological polar surface area (TPSA) is 60.3 Å². The molecule has 0 aliphatic carbocycles. The van der Waals surface area contributed by atoms with Crippen molar-refractivity contribution in [2.24, 2.45) is 0 Å². The minimum atomic E-state index is -0.354. The Labute approximate surface area is 180 Å². The van der Waals surface area contributed by atoms with E-state index in [0.717, 1.165) is 16.8 Å². The Kier molecular flexibility index (Phi) is 5.67.